The quantitative estimate of drug-likeness (QED) is 0.776. The van der Waals surface area contributed by atoms with E-state index in [2.05, 4.69) is 0 Å². The van der Waals surface area contributed by atoms with Crippen molar-refractivity contribution in [3.8, 4) is 5.75 Å². The lowest BCUT2D eigenvalue weighted by molar-refractivity contribution is 0.0523. The first-order chi connectivity index (χ1) is 9.70. The van der Waals surface area contributed by atoms with E-state index in [-0.39, 0.29) is 5.97 Å². The van der Waals surface area contributed by atoms with Crippen LogP contribution in [-0.4, -0.2) is 12.6 Å². The lowest BCUT2D eigenvalue weighted by Crippen LogP contribution is -2.09. The second-order valence-electron chi connectivity index (χ2n) is 4.48. The molecule has 0 aliphatic rings. The Hall–Kier alpha value is -2.29. The number of benzene rings is 2. The summed E-state index contributed by atoms with van der Waals surface area (Å²) in [7, 11) is 0. The lowest BCUT2D eigenvalue weighted by Gasteiger charge is -2.10. The first-order valence-corrected chi connectivity index (χ1v) is 6.65. The minimum atomic E-state index is -0.310. The van der Waals surface area contributed by atoms with Gasteiger partial charge in [0, 0.05) is 5.56 Å². The topological polar surface area (TPSA) is 35.5 Å². The van der Waals surface area contributed by atoms with Crippen LogP contribution in [0.4, 0.5) is 0 Å². The van der Waals surface area contributed by atoms with Gasteiger partial charge in [0.25, 0.3) is 0 Å². The first kappa shape index (κ1) is 14.1. The van der Waals surface area contributed by atoms with Crippen LogP contribution in [0, 0.1) is 6.92 Å². The van der Waals surface area contributed by atoms with Gasteiger partial charge in [0.15, 0.2) is 0 Å². The minimum absolute atomic E-state index is 0.310. The number of hydrogen-bond acceptors (Lipinski definition) is 3. The van der Waals surface area contributed by atoms with Crippen LogP contribution in [0.5, 0.6) is 5.75 Å². The standard InChI is InChI=1S/C17H18O3/c1-3-19-17(18)16-7-5-4-6-14(16)12-20-15-10-8-13(2)9-11-15/h4-11H,3,12H2,1-2H3. The summed E-state index contributed by atoms with van der Waals surface area (Å²) in [6.07, 6.45) is 0. The fraction of sp³-hybridized carbons (Fsp3) is 0.235. The van der Waals surface area contributed by atoms with Crippen LogP contribution in [-0.2, 0) is 11.3 Å². The Labute approximate surface area is 119 Å². The Balaban J connectivity index is 2.09. The van der Waals surface area contributed by atoms with Crippen molar-refractivity contribution >= 4 is 5.97 Å². The molecule has 0 bridgehead atoms. The molecular formula is C17H18O3. The predicted molar refractivity (Wildman–Crippen MR) is 77.9 cm³/mol. The Morgan fingerprint density at radius 1 is 1.05 bits per heavy atom. The molecule has 2 aromatic rings. The van der Waals surface area contributed by atoms with Crippen LogP contribution in [0.3, 0.4) is 0 Å². The van der Waals surface area contributed by atoms with Gasteiger partial charge in [0.2, 0.25) is 0 Å². The van der Waals surface area contributed by atoms with Gasteiger partial charge in [-0.25, -0.2) is 4.79 Å². The largest absolute Gasteiger partial charge is 0.489 e. The van der Waals surface area contributed by atoms with Gasteiger partial charge in [0.05, 0.1) is 12.2 Å². The van der Waals surface area contributed by atoms with Crippen LogP contribution in [0.2, 0.25) is 0 Å². The maximum Gasteiger partial charge on any atom is 0.338 e. The van der Waals surface area contributed by atoms with Crippen molar-refractivity contribution in [2.45, 2.75) is 20.5 Å². The molecular weight excluding hydrogens is 252 g/mol. The molecule has 0 radical (unpaired) electrons. The molecule has 0 saturated heterocycles. The van der Waals surface area contributed by atoms with Crippen molar-refractivity contribution < 1.29 is 14.3 Å². The molecule has 3 heteroatoms. The zero-order chi connectivity index (χ0) is 14.4. The molecule has 104 valence electrons. The van der Waals surface area contributed by atoms with Crippen molar-refractivity contribution in [2.24, 2.45) is 0 Å². The molecule has 0 unspecified atom stereocenters. The average molecular weight is 270 g/mol. The van der Waals surface area contributed by atoms with E-state index in [9.17, 15) is 4.79 Å². The van der Waals surface area contributed by atoms with Gasteiger partial charge in [-0.05, 0) is 32.0 Å². The second-order valence-corrected chi connectivity index (χ2v) is 4.48. The van der Waals surface area contributed by atoms with E-state index in [1.807, 2.05) is 49.4 Å². The monoisotopic (exact) mass is 270 g/mol. The highest BCUT2D eigenvalue weighted by atomic mass is 16.5. The summed E-state index contributed by atoms with van der Waals surface area (Å²) in [6.45, 7) is 4.53. The van der Waals surface area contributed by atoms with Gasteiger partial charge in [0.1, 0.15) is 12.4 Å². The van der Waals surface area contributed by atoms with Crippen LogP contribution >= 0.6 is 0 Å². The molecule has 20 heavy (non-hydrogen) atoms. The fourth-order valence-electron chi connectivity index (χ4n) is 1.85. The maximum absolute atomic E-state index is 11.8. The van der Waals surface area contributed by atoms with E-state index in [4.69, 9.17) is 9.47 Å². The summed E-state index contributed by atoms with van der Waals surface area (Å²) >= 11 is 0. The van der Waals surface area contributed by atoms with Crippen molar-refractivity contribution in [1.82, 2.24) is 0 Å². The highest BCUT2D eigenvalue weighted by Crippen LogP contribution is 2.16. The molecule has 3 nitrogen and oxygen atoms in total. The molecule has 0 amide bonds. The van der Waals surface area contributed by atoms with E-state index in [1.54, 1.807) is 13.0 Å². The van der Waals surface area contributed by atoms with Crippen LogP contribution in [0.25, 0.3) is 0 Å². The molecule has 0 aliphatic heterocycles. The van der Waals surface area contributed by atoms with Crippen LogP contribution < -0.4 is 4.74 Å². The number of ether oxygens (including phenoxy) is 2. The van der Waals surface area contributed by atoms with Gasteiger partial charge in [-0.3, -0.25) is 0 Å². The van der Waals surface area contributed by atoms with Crippen LogP contribution in [0.15, 0.2) is 48.5 Å². The number of aryl methyl sites for hydroxylation is 1. The predicted octanol–water partition coefficient (Wildman–Crippen LogP) is 3.75. The summed E-state index contributed by atoms with van der Waals surface area (Å²) in [5, 5.41) is 0. The molecule has 0 spiro atoms. The third-order valence-electron chi connectivity index (χ3n) is 2.93. The SMILES string of the molecule is CCOC(=O)c1ccccc1COc1ccc(C)cc1. The van der Waals surface area contributed by atoms with Gasteiger partial charge in [-0.2, -0.15) is 0 Å². The van der Waals surface area contributed by atoms with E-state index < -0.39 is 0 Å². The van der Waals surface area contributed by atoms with Crippen molar-refractivity contribution in [3.05, 3.63) is 65.2 Å². The van der Waals surface area contributed by atoms with E-state index in [0.29, 0.717) is 18.8 Å². The molecule has 2 rings (SSSR count). The summed E-state index contributed by atoms with van der Waals surface area (Å²) < 4.78 is 10.8. The first-order valence-electron chi connectivity index (χ1n) is 6.65. The minimum Gasteiger partial charge on any atom is -0.489 e. The number of carbonyl (C=O) groups excluding carboxylic acids is 1. The molecule has 0 saturated carbocycles. The van der Waals surface area contributed by atoms with Crippen molar-refractivity contribution in [3.63, 3.8) is 0 Å². The number of hydrogen-bond donors (Lipinski definition) is 0. The highest BCUT2D eigenvalue weighted by molar-refractivity contribution is 5.91. The Morgan fingerprint density at radius 3 is 2.45 bits per heavy atom. The average Bonchev–Trinajstić information content (AvgIpc) is 2.47. The molecule has 0 fully saturated rings. The third kappa shape index (κ3) is 3.60. The Bertz CT molecular complexity index is 573. The Kier molecular flexibility index (Phi) is 4.77. The molecule has 0 aliphatic carbocycles. The van der Waals surface area contributed by atoms with Gasteiger partial charge in [-0.15, -0.1) is 0 Å². The zero-order valence-corrected chi connectivity index (χ0v) is 11.8. The smallest absolute Gasteiger partial charge is 0.338 e. The number of rotatable bonds is 5. The van der Waals surface area contributed by atoms with Crippen molar-refractivity contribution in [2.75, 3.05) is 6.61 Å². The second kappa shape index (κ2) is 6.75. The van der Waals surface area contributed by atoms with Crippen molar-refractivity contribution in [1.29, 1.82) is 0 Å². The van der Waals surface area contributed by atoms with Gasteiger partial charge >= 0.3 is 5.97 Å². The summed E-state index contributed by atoms with van der Waals surface area (Å²) in [5.74, 6) is 0.477. The zero-order valence-electron chi connectivity index (χ0n) is 11.8. The molecule has 0 aromatic heterocycles. The number of carbonyl (C=O) groups is 1. The normalized spacial score (nSPS) is 10.1. The summed E-state index contributed by atoms with van der Waals surface area (Å²) in [4.78, 5) is 11.8. The van der Waals surface area contributed by atoms with Gasteiger partial charge < -0.3 is 9.47 Å². The van der Waals surface area contributed by atoms with E-state index >= 15 is 0 Å². The third-order valence-corrected chi connectivity index (χ3v) is 2.93. The molecule has 0 heterocycles. The Morgan fingerprint density at radius 2 is 1.75 bits per heavy atom. The summed E-state index contributed by atoms with van der Waals surface area (Å²) in [5.41, 5.74) is 2.57. The van der Waals surface area contributed by atoms with E-state index in [1.165, 1.54) is 5.56 Å². The van der Waals surface area contributed by atoms with Crippen LogP contribution in [0.1, 0.15) is 28.4 Å². The van der Waals surface area contributed by atoms with E-state index in [0.717, 1.165) is 11.3 Å². The molecule has 0 N–H and O–H groups in total. The summed E-state index contributed by atoms with van der Waals surface area (Å²) in [6, 6.07) is 15.2. The maximum atomic E-state index is 11.8. The lowest BCUT2D eigenvalue weighted by atomic mass is 10.1. The molecule has 0 atom stereocenters. The van der Waals surface area contributed by atoms with Gasteiger partial charge in [-0.1, -0.05) is 35.9 Å². The number of esters is 1. The fourth-order valence-corrected chi connectivity index (χ4v) is 1.85. The highest BCUT2D eigenvalue weighted by Gasteiger charge is 2.11. The molecule has 2 aromatic carbocycles.